The summed E-state index contributed by atoms with van der Waals surface area (Å²) in [7, 11) is 2.97. The quantitative estimate of drug-likeness (QED) is 0.824. The fraction of sp³-hybridized carbons (Fsp3) is 0.500. The molecule has 1 aromatic rings. The minimum atomic E-state index is -0.532. The Hall–Kier alpha value is -1.34. The Morgan fingerprint density at radius 2 is 2.22 bits per heavy atom. The van der Waals surface area contributed by atoms with E-state index in [9.17, 15) is 9.59 Å². The molecule has 0 saturated heterocycles. The smallest absolute Gasteiger partial charge is 0.351 e. The van der Waals surface area contributed by atoms with Crippen molar-refractivity contribution in [3.05, 3.63) is 10.0 Å². The first-order valence-corrected chi connectivity index (χ1v) is 6.41. The molecule has 0 aliphatic carbocycles. The number of carbonyl (C=O) groups excluding carboxylic acids is 2. The highest BCUT2D eigenvalue weighted by molar-refractivity contribution is 7.18. The fourth-order valence-electron chi connectivity index (χ4n) is 1.21. The maximum absolute atomic E-state index is 11.4. The Kier molecular flexibility index (Phi) is 5.36. The standard InChI is InChI=1S/C10H14ClN3O3S/c1-4-12-6(15)5-14(2)10-13-8(11)7(18-10)9(16)17-3/h4-5H2,1-3H3,(H,12,15). The molecule has 6 nitrogen and oxygen atoms in total. The molecule has 1 aromatic heterocycles. The van der Waals surface area contributed by atoms with Gasteiger partial charge in [-0.2, -0.15) is 0 Å². The number of nitrogens with zero attached hydrogens (tertiary/aromatic N) is 2. The highest BCUT2D eigenvalue weighted by Gasteiger charge is 2.20. The van der Waals surface area contributed by atoms with Gasteiger partial charge in [-0.1, -0.05) is 22.9 Å². The number of methoxy groups -OCH3 is 1. The van der Waals surface area contributed by atoms with Crippen LogP contribution in [-0.4, -0.2) is 44.1 Å². The Morgan fingerprint density at radius 3 is 2.78 bits per heavy atom. The number of anilines is 1. The molecule has 0 atom stereocenters. The molecule has 0 spiro atoms. The number of esters is 1. The molecular formula is C10H14ClN3O3S. The lowest BCUT2D eigenvalue weighted by molar-refractivity contribution is -0.119. The molecule has 0 aromatic carbocycles. The molecule has 8 heteroatoms. The second-order valence-electron chi connectivity index (χ2n) is 3.42. The Labute approximate surface area is 114 Å². The third kappa shape index (κ3) is 3.58. The molecular weight excluding hydrogens is 278 g/mol. The normalized spacial score (nSPS) is 10.0. The molecule has 1 heterocycles. The maximum Gasteiger partial charge on any atom is 0.351 e. The number of nitrogens with one attached hydrogen (secondary N) is 1. The molecule has 100 valence electrons. The molecule has 1 amide bonds. The summed E-state index contributed by atoms with van der Waals surface area (Å²) in [4.78, 5) is 28.6. The van der Waals surface area contributed by atoms with Crippen LogP contribution in [0.4, 0.5) is 5.13 Å². The Bertz CT molecular complexity index is 450. The van der Waals surface area contributed by atoms with Gasteiger partial charge in [0.1, 0.15) is 0 Å². The van der Waals surface area contributed by atoms with Crippen LogP contribution < -0.4 is 10.2 Å². The summed E-state index contributed by atoms with van der Waals surface area (Å²) in [5.74, 6) is -0.652. The number of halogens is 1. The van der Waals surface area contributed by atoms with Gasteiger partial charge >= 0.3 is 5.97 Å². The third-order valence-electron chi connectivity index (χ3n) is 2.03. The van der Waals surface area contributed by atoms with Crippen molar-refractivity contribution in [1.82, 2.24) is 10.3 Å². The second kappa shape index (κ2) is 6.55. The second-order valence-corrected chi connectivity index (χ2v) is 4.75. The zero-order chi connectivity index (χ0) is 13.7. The summed E-state index contributed by atoms with van der Waals surface area (Å²) in [5, 5.41) is 3.25. The number of ether oxygens (including phenoxy) is 1. The van der Waals surface area contributed by atoms with Crippen molar-refractivity contribution >= 4 is 39.9 Å². The molecule has 0 aliphatic rings. The number of hydrogen-bond acceptors (Lipinski definition) is 6. The predicted octanol–water partition coefficient (Wildman–Crippen LogP) is 1.16. The first kappa shape index (κ1) is 14.7. The highest BCUT2D eigenvalue weighted by Crippen LogP contribution is 2.29. The van der Waals surface area contributed by atoms with E-state index >= 15 is 0 Å². The van der Waals surface area contributed by atoms with Crippen LogP contribution in [0, 0.1) is 0 Å². The van der Waals surface area contributed by atoms with Crippen molar-refractivity contribution in [2.24, 2.45) is 0 Å². The van der Waals surface area contributed by atoms with Gasteiger partial charge in [-0.05, 0) is 6.92 Å². The molecule has 0 radical (unpaired) electrons. The summed E-state index contributed by atoms with van der Waals surface area (Å²) in [6, 6.07) is 0. The molecule has 0 unspecified atom stereocenters. The molecule has 0 bridgehead atoms. The van der Waals surface area contributed by atoms with E-state index in [0.29, 0.717) is 11.7 Å². The van der Waals surface area contributed by atoms with Gasteiger partial charge in [0.15, 0.2) is 15.2 Å². The van der Waals surface area contributed by atoms with E-state index in [-0.39, 0.29) is 22.5 Å². The minimum Gasteiger partial charge on any atom is -0.465 e. The van der Waals surface area contributed by atoms with Crippen molar-refractivity contribution in [2.45, 2.75) is 6.92 Å². The SMILES string of the molecule is CCNC(=O)CN(C)c1nc(Cl)c(C(=O)OC)s1. The zero-order valence-electron chi connectivity index (χ0n) is 10.3. The number of rotatable bonds is 5. The van der Waals surface area contributed by atoms with Gasteiger partial charge in [-0.15, -0.1) is 0 Å². The minimum absolute atomic E-state index is 0.0876. The van der Waals surface area contributed by atoms with Crippen LogP contribution in [0.1, 0.15) is 16.6 Å². The number of carbonyl (C=O) groups is 2. The van der Waals surface area contributed by atoms with Crippen molar-refractivity contribution < 1.29 is 14.3 Å². The summed E-state index contributed by atoms with van der Waals surface area (Å²) < 4.78 is 4.58. The van der Waals surface area contributed by atoms with Crippen LogP contribution in [0.15, 0.2) is 0 Å². The summed E-state index contributed by atoms with van der Waals surface area (Å²) in [6.07, 6.45) is 0. The van der Waals surface area contributed by atoms with E-state index in [1.807, 2.05) is 6.92 Å². The van der Waals surface area contributed by atoms with Crippen molar-refractivity contribution in [3.63, 3.8) is 0 Å². The lowest BCUT2D eigenvalue weighted by atomic mass is 10.5. The summed E-state index contributed by atoms with van der Waals surface area (Å²) >= 11 is 6.92. The number of hydrogen-bond donors (Lipinski definition) is 1. The zero-order valence-corrected chi connectivity index (χ0v) is 11.9. The van der Waals surface area contributed by atoms with E-state index in [0.717, 1.165) is 11.3 Å². The molecule has 18 heavy (non-hydrogen) atoms. The van der Waals surface area contributed by atoms with Crippen LogP contribution in [0.3, 0.4) is 0 Å². The van der Waals surface area contributed by atoms with Crippen LogP contribution >= 0.6 is 22.9 Å². The van der Waals surface area contributed by atoms with Gasteiger partial charge in [-0.3, -0.25) is 4.79 Å². The van der Waals surface area contributed by atoms with Gasteiger partial charge in [0.2, 0.25) is 5.91 Å². The number of likely N-dealkylation sites (N-methyl/N-ethyl adjacent to an activating group) is 2. The third-order valence-corrected chi connectivity index (χ3v) is 3.56. The maximum atomic E-state index is 11.4. The van der Waals surface area contributed by atoms with E-state index in [4.69, 9.17) is 11.6 Å². The highest BCUT2D eigenvalue weighted by atomic mass is 35.5. The first-order valence-electron chi connectivity index (χ1n) is 5.22. The molecule has 1 rings (SSSR count). The van der Waals surface area contributed by atoms with Gasteiger partial charge in [0, 0.05) is 13.6 Å². The van der Waals surface area contributed by atoms with E-state index in [1.54, 1.807) is 11.9 Å². The van der Waals surface area contributed by atoms with Crippen LogP contribution in [0.25, 0.3) is 0 Å². The van der Waals surface area contributed by atoms with Crippen LogP contribution in [0.2, 0.25) is 5.15 Å². The van der Waals surface area contributed by atoms with Crippen molar-refractivity contribution in [3.8, 4) is 0 Å². The van der Waals surface area contributed by atoms with Crippen LogP contribution in [-0.2, 0) is 9.53 Å². The lowest BCUT2D eigenvalue weighted by Crippen LogP contribution is -2.34. The summed E-state index contributed by atoms with van der Waals surface area (Å²) in [5.41, 5.74) is 0. The topological polar surface area (TPSA) is 71.5 Å². The average molecular weight is 292 g/mol. The first-order chi connectivity index (χ1) is 8.49. The number of thiazole rings is 1. The van der Waals surface area contributed by atoms with E-state index in [2.05, 4.69) is 15.0 Å². The van der Waals surface area contributed by atoms with Gasteiger partial charge < -0.3 is 15.0 Å². The molecule has 0 fully saturated rings. The molecule has 0 aliphatic heterocycles. The van der Waals surface area contributed by atoms with Crippen LogP contribution in [0.5, 0.6) is 0 Å². The lowest BCUT2D eigenvalue weighted by Gasteiger charge is -2.14. The average Bonchev–Trinajstić information content (AvgIpc) is 2.70. The summed E-state index contributed by atoms with van der Waals surface area (Å²) in [6.45, 7) is 2.56. The fourth-order valence-corrected chi connectivity index (χ4v) is 2.37. The molecule has 0 saturated carbocycles. The van der Waals surface area contributed by atoms with Gasteiger partial charge in [-0.25, -0.2) is 9.78 Å². The van der Waals surface area contributed by atoms with E-state index in [1.165, 1.54) is 7.11 Å². The van der Waals surface area contributed by atoms with Gasteiger partial charge in [0.25, 0.3) is 0 Å². The Balaban J connectivity index is 2.78. The van der Waals surface area contributed by atoms with Crippen molar-refractivity contribution in [2.75, 3.05) is 32.1 Å². The number of amides is 1. The van der Waals surface area contributed by atoms with Crippen molar-refractivity contribution in [1.29, 1.82) is 0 Å². The largest absolute Gasteiger partial charge is 0.465 e. The van der Waals surface area contributed by atoms with E-state index < -0.39 is 5.97 Å². The molecule has 1 N–H and O–H groups in total. The van der Waals surface area contributed by atoms with Gasteiger partial charge in [0.05, 0.1) is 13.7 Å². The monoisotopic (exact) mass is 291 g/mol. The number of aromatic nitrogens is 1. The predicted molar refractivity (Wildman–Crippen MR) is 70.4 cm³/mol. The Morgan fingerprint density at radius 1 is 1.56 bits per heavy atom.